The van der Waals surface area contributed by atoms with Crippen LogP contribution in [0.1, 0.15) is 24.2 Å². The first-order valence-electron chi connectivity index (χ1n) is 8.58. The van der Waals surface area contributed by atoms with E-state index in [1.807, 2.05) is 17.0 Å². The molecule has 1 fully saturated rings. The summed E-state index contributed by atoms with van der Waals surface area (Å²) in [7, 11) is 0. The Hall–Kier alpha value is -1.80. The van der Waals surface area contributed by atoms with Gasteiger partial charge in [-0.05, 0) is 35.9 Å². The van der Waals surface area contributed by atoms with Crippen molar-refractivity contribution in [3.05, 3.63) is 35.7 Å². The molecule has 25 heavy (non-hydrogen) atoms. The molecule has 1 aliphatic heterocycles. The molecule has 2 aromatic rings. The lowest BCUT2D eigenvalue weighted by Gasteiger charge is -2.34. The number of hydrogen-bond acceptors (Lipinski definition) is 5. The molecule has 7 nitrogen and oxygen atoms in total. The van der Waals surface area contributed by atoms with Crippen molar-refractivity contribution in [2.24, 2.45) is 0 Å². The fourth-order valence-electron chi connectivity index (χ4n) is 2.92. The third-order valence-electron chi connectivity index (χ3n) is 4.43. The average Bonchev–Trinajstić information content (AvgIpc) is 3.09. The van der Waals surface area contributed by atoms with Gasteiger partial charge in [-0.25, -0.2) is 0 Å². The molecule has 1 aromatic heterocycles. The number of nitrogens with zero attached hydrogens (tertiary/aromatic N) is 6. The Kier molecular flexibility index (Phi) is 6.14. The van der Waals surface area contributed by atoms with Gasteiger partial charge in [-0.15, -0.1) is 5.10 Å². The Morgan fingerprint density at radius 1 is 1.16 bits per heavy atom. The van der Waals surface area contributed by atoms with Crippen molar-refractivity contribution >= 4 is 21.8 Å². The van der Waals surface area contributed by atoms with Gasteiger partial charge in [-0.2, -0.15) is 4.68 Å². The van der Waals surface area contributed by atoms with E-state index < -0.39 is 0 Å². The van der Waals surface area contributed by atoms with E-state index in [2.05, 4.69) is 55.4 Å². The molecule has 0 atom stereocenters. The number of halogens is 1. The molecule has 0 bridgehead atoms. The number of aryl methyl sites for hydroxylation is 1. The van der Waals surface area contributed by atoms with E-state index in [1.165, 1.54) is 5.56 Å². The highest BCUT2D eigenvalue weighted by molar-refractivity contribution is 9.09. The number of aromatic nitrogens is 4. The summed E-state index contributed by atoms with van der Waals surface area (Å²) in [5.74, 6) is 1.08. The maximum atomic E-state index is 12.1. The highest BCUT2D eigenvalue weighted by atomic mass is 79.9. The number of benzene rings is 1. The van der Waals surface area contributed by atoms with Gasteiger partial charge in [0, 0.05) is 37.9 Å². The van der Waals surface area contributed by atoms with Gasteiger partial charge in [-0.3, -0.25) is 9.69 Å². The van der Waals surface area contributed by atoms with Gasteiger partial charge >= 0.3 is 0 Å². The van der Waals surface area contributed by atoms with Crippen LogP contribution in [0.3, 0.4) is 0 Å². The second-order valence-corrected chi connectivity index (χ2v) is 7.08. The van der Waals surface area contributed by atoms with Gasteiger partial charge in [0.05, 0.1) is 12.2 Å². The zero-order valence-corrected chi connectivity index (χ0v) is 16.0. The van der Waals surface area contributed by atoms with E-state index in [1.54, 1.807) is 4.68 Å². The minimum absolute atomic E-state index is 0.253. The monoisotopic (exact) mass is 406 g/mol. The van der Waals surface area contributed by atoms with Gasteiger partial charge in [-0.1, -0.05) is 33.6 Å². The quantitative estimate of drug-likeness (QED) is 0.684. The summed E-state index contributed by atoms with van der Waals surface area (Å²) in [4.78, 5) is 16.4. The lowest BCUT2D eigenvalue weighted by molar-refractivity contribution is -0.133. The van der Waals surface area contributed by atoms with Crippen LogP contribution in [-0.4, -0.2) is 67.4 Å². The molecule has 1 aliphatic rings. The second-order valence-electron chi connectivity index (χ2n) is 6.29. The Balaban J connectivity index is 1.57. The van der Waals surface area contributed by atoms with E-state index >= 15 is 0 Å². The molecule has 1 amide bonds. The fraction of sp³-hybridized carbons (Fsp3) is 0.529. The van der Waals surface area contributed by atoms with Gasteiger partial charge in [0.25, 0.3) is 0 Å². The van der Waals surface area contributed by atoms with Crippen LogP contribution in [0.15, 0.2) is 24.3 Å². The molecule has 1 aromatic carbocycles. The molecule has 0 saturated carbocycles. The van der Waals surface area contributed by atoms with Crippen LogP contribution in [0.2, 0.25) is 0 Å². The largest absolute Gasteiger partial charge is 0.340 e. The van der Waals surface area contributed by atoms with E-state index in [0.29, 0.717) is 13.0 Å². The van der Waals surface area contributed by atoms with Crippen molar-refractivity contribution in [1.82, 2.24) is 30.0 Å². The van der Waals surface area contributed by atoms with Gasteiger partial charge in [0.2, 0.25) is 5.91 Å². The van der Waals surface area contributed by atoms with Crippen LogP contribution in [-0.2, 0) is 11.3 Å². The van der Waals surface area contributed by atoms with Crippen LogP contribution in [0.4, 0.5) is 0 Å². The van der Waals surface area contributed by atoms with Gasteiger partial charge in [0.15, 0.2) is 5.82 Å². The first-order valence-corrected chi connectivity index (χ1v) is 9.70. The van der Waals surface area contributed by atoms with Crippen molar-refractivity contribution < 1.29 is 4.79 Å². The Bertz CT molecular complexity index is 693. The molecule has 0 unspecified atom stereocenters. The van der Waals surface area contributed by atoms with Crippen molar-refractivity contribution in [3.63, 3.8) is 0 Å². The van der Waals surface area contributed by atoms with Crippen molar-refractivity contribution in [1.29, 1.82) is 0 Å². The zero-order chi connectivity index (χ0) is 17.6. The standard InChI is InChI=1S/C17H23BrN6O/c1-14-4-6-15(7-5-14)24-16(19-20-21-24)13-22-9-11-23(12-10-22)17(25)3-2-8-18/h4-7H,2-3,8-13H2,1H3. The SMILES string of the molecule is Cc1ccc(-n2nnnc2CN2CCN(C(=O)CCCBr)CC2)cc1. The normalized spacial score (nSPS) is 15.5. The number of alkyl halides is 1. The Morgan fingerprint density at radius 3 is 2.56 bits per heavy atom. The van der Waals surface area contributed by atoms with E-state index in [9.17, 15) is 4.79 Å². The van der Waals surface area contributed by atoms with Gasteiger partial charge in [0.1, 0.15) is 0 Å². The number of rotatable bonds is 6. The van der Waals surface area contributed by atoms with E-state index in [4.69, 9.17) is 0 Å². The predicted octanol–water partition coefficient (Wildman–Crippen LogP) is 1.79. The van der Waals surface area contributed by atoms with Crippen LogP contribution in [0, 0.1) is 6.92 Å². The molecule has 0 N–H and O–H groups in total. The highest BCUT2D eigenvalue weighted by Gasteiger charge is 2.22. The topological polar surface area (TPSA) is 67.2 Å². The Morgan fingerprint density at radius 2 is 1.88 bits per heavy atom. The number of piperazine rings is 1. The smallest absolute Gasteiger partial charge is 0.222 e. The number of carbonyl (C=O) groups is 1. The maximum absolute atomic E-state index is 12.1. The molecule has 0 spiro atoms. The summed E-state index contributed by atoms with van der Waals surface area (Å²) in [5, 5.41) is 13.0. The van der Waals surface area contributed by atoms with Crippen LogP contribution >= 0.6 is 15.9 Å². The first-order chi connectivity index (χ1) is 12.2. The van der Waals surface area contributed by atoms with Crippen molar-refractivity contribution in [3.8, 4) is 5.69 Å². The van der Waals surface area contributed by atoms with Crippen molar-refractivity contribution in [2.45, 2.75) is 26.3 Å². The number of carbonyl (C=O) groups excluding carboxylic acids is 1. The van der Waals surface area contributed by atoms with Crippen molar-refractivity contribution in [2.75, 3.05) is 31.5 Å². The fourth-order valence-corrected chi connectivity index (χ4v) is 3.20. The minimum Gasteiger partial charge on any atom is -0.340 e. The van der Waals surface area contributed by atoms with Crippen LogP contribution < -0.4 is 0 Å². The molecule has 8 heteroatoms. The lowest BCUT2D eigenvalue weighted by Crippen LogP contribution is -2.48. The summed E-state index contributed by atoms with van der Waals surface area (Å²) in [6.07, 6.45) is 1.52. The van der Waals surface area contributed by atoms with E-state index in [0.717, 1.165) is 49.4 Å². The summed E-state index contributed by atoms with van der Waals surface area (Å²) in [6, 6.07) is 8.15. The summed E-state index contributed by atoms with van der Waals surface area (Å²) in [6.45, 7) is 5.98. The Labute approximate surface area is 156 Å². The number of amides is 1. The maximum Gasteiger partial charge on any atom is 0.222 e. The third kappa shape index (κ3) is 4.64. The number of hydrogen-bond donors (Lipinski definition) is 0. The first kappa shape index (κ1) is 18.0. The minimum atomic E-state index is 0.253. The summed E-state index contributed by atoms with van der Waals surface area (Å²) >= 11 is 3.37. The molecular formula is C17H23BrN6O. The van der Waals surface area contributed by atoms with E-state index in [-0.39, 0.29) is 5.91 Å². The summed E-state index contributed by atoms with van der Waals surface area (Å²) < 4.78 is 1.78. The highest BCUT2D eigenvalue weighted by Crippen LogP contribution is 2.13. The molecule has 3 rings (SSSR count). The zero-order valence-electron chi connectivity index (χ0n) is 14.4. The molecule has 134 valence electrons. The lowest BCUT2D eigenvalue weighted by atomic mass is 10.2. The van der Waals surface area contributed by atoms with Crippen LogP contribution in [0.25, 0.3) is 5.69 Å². The third-order valence-corrected chi connectivity index (χ3v) is 4.99. The predicted molar refractivity (Wildman–Crippen MR) is 98.8 cm³/mol. The van der Waals surface area contributed by atoms with Crippen LogP contribution in [0.5, 0.6) is 0 Å². The molecular weight excluding hydrogens is 384 g/mol. The molecule has 1 saturated heterocycles. The van der Waals surface area contributed by atoms with Gasteiger partial charge < -0.3 is 4.90 Å². The second kappa shape index (κ2) is 8.53. The molecule has 2 heterocycles. The number of tetrazole rings is 1. The molecule has 0 radical (unpaired) electrons. The molecule has 0 aliphatic carbocycles. The average molecular weight is 407 g/mol. The summed E-state index contributed by atoms with van der Waals surface area (Å²) in [5.41, 5.74) is 2.17.